The van der Waals surface area contributed by atoms with Gasteiger partial charge >= 0.3 is 6.09 Å². The number of ether oxygens (including phenoxy) is 1. The fraction of sp³-hybridized carbons (Fsp3) is 0.278. The van der Waals surface area contributed by atoms with Crippen LogP contribution >= 0.6 is 0 Å². The molecule has 0 saturated heterocycles. The molecule has 2 amide bonds. The summed E-state index contributed by atoms with van der Waals surface area (Å²) in [4.78, 5) is 44.3. The molecule has 0 unspecified atom stereocenters. The molecule has 2 rings (SSSR count). The first-order chi connectivity index (χ1) is 13.8. The van der Waals surface area contributed by atoms with Gasteiger partial charge in [-0.05, 0) is 25.5 Å². The van der Waals surface area contributed by atoms with Gasteiger partial charge in [-0.1, -0.05) is 18.7 Å². The molecule has 0 bridgehead atoms. The number of carbonyl (C=O) groups excluding carboxylic acids is 2. The Hall–Kier alpha value is -3.89. The van der Waals surface area contributed by atoms with Crippen LogP contribution in [0.3, 0.4) is 0 Å². The molecule has 0 aliphatic carbocycles. The number of carbonyl (C=O) groups is 2. The highest BCUT2D eigenvalue weighted by Gasteiger charge is 2.13. The molecule has 2 aromatic rings. The number of hydrazine groups is 1. The number of nitrogens with zero attached hydrogens (tertiary/aromatic N) is 3. The van der Waals surface area contributed by atoms with Crippen molar-refractivity contribution in [2.24, 2.45) is 0 Å². The summed E-state index contributed by atoms with van der Waals surface area (Å²) in [6.45, 7) is 6.90. The summed E-state index contributed by atoms with van der Waals surface area (Å²) in [6.07, 6.45) is 2.00. The van der Waals surface area contributed by atoms with E-state index in [-0.39, 0.29) is 31.4 Å². The summed E-state index contributed by atoms with van der Waals surface area (Å²) in [5.41, 5.74) is 11.6. The first-order valence-corrected chi connectivity index (χ1v) is 8.66. The molecule has 0 radical (unpaired) electrons. The molecule has 5 N–H and O–H groups in total. The summed E-state index contributed by atoms with van der Waals surface area (Å²) in [5, 5.41) is 2.74. The largest absolute Gasteiger partial charge is 0.444 e. The number of nitrogens with two attached hydrogens (primary N) is 1. The highest BCUT2D eigenvalue weighted by atomic mass is 16.6. The lowest BCUT2D eigenvalue weighted by Crippen LogP contribution is -2.38. The van der Waals surface area contributed by atoms with Crippen LogP contribution in [0.1, 0.15) is 17.0 Å². The van der Waals surface area contributed by atoms with Crippen molar-refractivity contribution in [1.29, 1.82) is 0 Å². The van der Waals surface area contributed by atoms with Gasteiger partial charge in [-0.3, -0.25) is 19.6 Å². The van der Waals surface area contributed by atoms with Gasteiger partial charge in [0.1, 0.15) is 19.0 Å². The van der Waals surface area contributed by atoms with Crippen LogP contribution in [0.15, 0.2) is 35.8 Å². The van der Waals surface area contributed by atoms with E-state index >= 15 is 0 Å². The van der Waals surface area contributed by atoms with Gasteiger partial charge < -0.3 is 15.8 Å². The average Bonchev–Trinajstić information content (AvgIpc) is 2.68. The zero-order valence-corrected chi connectivity index (χ0v) is 16.2. The fourth-order valence-corrected chi connectivity index (χ4v) is 2.32. The summed E-state index contributed by atoms with van der Waals surface area (Å²) in [7, 11) is 0. The molecule has 2 aromatic heterocycles. The second-order valence-electron chi connectivity index (χ2n) is 6.03. The molecule has 0 aliphatic heterocycles. The van der Waals surface area contributed by atoms with Crippen molar-refractivity contribution < 1.29 is 14.3 Å². The second-order valence-corrected chi connectivity index (χ2v) is 6.03. The van der Waals surface area contributed by atoms with Crippen molar-refractivity contribution in [2.45, 2.75) is 26.9 Å². The zero-order valence-electron chi connectivity index (χ0n) is 16.2. The maximum absolute atomic E-state index is 12.5. The Bertz CT molecular complexity index is 971. The molecule has 11 nitrogen and oxygen atoms in total. The van der Waals surface area contributed by atoms with Gasteiger partial charge in [0, 0.05) is 24.1 Å². The Morgan fingerprint density at radius 3 is 2.79 bits per heavy atom. The molecule has 0 fully saturated rings. The molecule has 0 spiro atoms. The van der Waals surface area contributed by atoms with Crippen LogP contribution in [0.4, 0.5) is 16.4 Å². The number of aryl methyl sites for hydroxylation is 2. The first-order valence-electron chi connectivity index (χ1n) is 8.66. The molecule has 0 atom stereocenters. The van der Waals surface area contributed by atoms with Crippen LogP contribution in [-0.2, 0) is 22.6 Å². The minimum Gasteiger partial charge on any atom is -0.444 e. The highest BCUT2D eigenvalue weighted by molar-refractivity contribution is 5.76. The summed E-state index contributed by atoms with van der Waals surface area (Å²) < 4.78 is 5.95. The number of nitrogen functional groups attached to an aromatic ring is 1. The van der Waals surface area contributed by atoms with Crippen LogP contribution < -0.4 is 27.5 Å². The molecule has 0 aliphatic rings. The van der Waals surface area contributed by atoms with Gasteiger partial charge in [0.2, 0.25) is 11.7 Å². The van der Waals surface area contributed by atoms with Crippen LogP contribution in [0.5, 0.6) is 0 Å². The lowest BCUT2D eigenvalue weighted by atomic mass is 10.2. The minimum absolute atomic E-state index is 0.0161. The maximum atomic E-state index is 12.5. The van der Waals surface area contributed by atoms with E-state index in [2.05, 4.69) is 32.7 Å². The summed E-state index contributed by atoms with van der Waals surface area (Å²) >= 11 is 0. The predicted octanol–water partition coefficient (Wildman–Crippen LogP) is 0.393. The third-order valence-electron chi connectivity index (χ3n) is 3.86. The Labute approximate surface area is 167 Å². The molecule has 2 heterocycles. The second kappa shape index (κ2) is 9.88. The minimum atomic E-state index is -0.802. The molecule has 0 saturated carbocycles. The monoisotopic (exact) mass is 401 g/mol. The van der Waals surface area contributed by atoms with Crippen LogP contribution in [-0.4, -0.2) is 33.1 Å². The van der Waals surface area contributed by atoms with E-state index in [0.29, 0.717) is 17.2 Å². The van der Waals surface area contributed by atoms with Gasteiger partial charge in [-0.15, -0.1) is 0 Å². The van der Waals surface area contributed by atoms with Crippen LogP contribution in [0.2, 0.25) is 0 Å². The molecular formula is C18H23N7O4. The van der Waals surface area contributed by atoms with Gasteiger partial charge in [-0.2, -0.15) is 0 Å². The van der Waals surface area contributed by atoms with Gasteiger partial charge in [-0.25, -0.2) is 20.2 Å². The van der Waals surface area contributed by atoms with Gasteiger partial charge in [0.25, 0.3) is 5.56 Å². The van der Waals surface area contributed by atoms with E-state index in [9.17, 15) is 14.4 Å². The van der Waals surface area contributed by atoms with Crippen molar-refractivity contribution >= 4 is 23.6 Å². The van der Waals surface area contributed by atoms with Crippen molar-refractivity contribution in [3.05, 3.63) is 58.3 Å². The maximum Gasteiger partial charge on any atom is 0.426 e. The lowest BCUT2D eigenvalue weighted by Gasteiger charge is -2.13. The lowest BCUT2D eigenvalue weighted by molar-refractivity contribution is -0.121. The number of rotatable bonds is 8. The quantitative estimate of drug-likeness (QED) is 0.366. The number of hydrogen-bond donors (Lipinski definition) is 4. The molecular weight excluding hydrogens is 378 g/mol. The van der Waals surface area contributed by atoms with Crippen molar-refractivity contribution in [3.63, 3.8) is 0 Å². The zero-order chi connectivity index (χ0) is 21.4. The normalized spacial score (nSPS) is 10.1. The Morgan fingerprint density at radius 2 is 2.10 bits per heavy atom. The van der Waals surface area contributed by atoms with E-state index in [1.54, 1.807) is 26.0 Å². The topological polar surface area (TPSA) is 153 Å². The van der Waals surface area contributed by atoms with E-state index in [1.807, 2.05) is 0 Å². The van der Waals surface area contributed by atoms with Crippen LogP contribution in [0, 0.1) is 13.8 Å². The summed E-state index contributed by atoms with van der Waals surface area (Å²) in [6, 6.07) is 3.43. The van der Waals surface area contributed by atoms with E-state index < -0.39 is 11.7 Å². The number of pyridine rings is 1. The Morgan fingerprint density at radius 1 is 1.34 bits per heavy atom. The van der Waals surface area contributed by atoms with E-state index in [1.165, 1.54) is 16.8 Å². The molecule has 11 heteroatoms. The Balaban J connectivity index is 2.01. The molecule has 0 aromatic carbocycles. The fourth-order valence-electron chi connectivity index (χ4n) is 2.32. The third-order valence-corrected chi connectivity index (χ3v) is 3.86. The number of nitrogens with one attached hydrogen (secondary N) is 3. The van der Waals surface area contributed by atoms with Crippen molar-refractivity contribution in [1.82, 2.24) is 25.3 Å². The van der Waals surface area contributed by atoms with Crippen molar-refractivity contribution in [2.75, 3.05) is 17.8 Å². The van der Waals surface area contributed by atoms with Gasteiger partial charge in [0.05, 0.1) is 0 Å². The number of hydrogen-bond acceptors (Lipinski definition) is 8. The first kappa shape index (κ1) is 21.4. The average molecular weight is 401 g/mol. The SMILES string of the molecule is C=CCOC(=O)NNc1ncc(C)n(CC(=O)NCc2ccc(N)nc2C)c1=O. The van der Waals surface area contributed by atoms with Crippen LogP contribution in [0.25, 0.3) is 0 Å². The Kier molecular flexibility index (Phi) is 7.29. The predicted molar refractivity (Wildman–Crippen MR) is 107 cm³/mol. The number of anilines is 2. The molecule has 154 valence electrons. The standard InChI is InChI=1S/C18H23N7O4/c1-4-7-29-18(28)24-23-16-17(27)25(11(2)8-21-16)10-15(26)20-9-13-5-6-14(19)22-12(13)3/h4-6,8H,1,7,9-10H2,2-3H3,(H2,19,22)(H,20,26)(H,21,23)(H,24,28). The summed E-state index contributed by atoms with van der Waals surface area (Å²) in [5.74, 6) is -0.127. The van der Waals surface area contributed by atoms with Crippen molar-refractivity contribution in [3.8, 4) is 0 Å². The third kappa shape index (κ3) is 6.06. The van der Waals surface area contributed by atoms with E-state index in [0.717, 1.165) is 5.56 Å². The molecule has 29 heavy (non-hydrogen) atoms. The number of amides is 2. The van der Waals surface area contributed by atoms with Gasteiger partial charge in [0.15, 0.2) is 0 Å². The smallest absolute Gasteiger partial charge is 0.426 e. The highest BCUT2D eigenvalue weighted by Crippen LogP contribution is 2.07. The van der Waals surface area contributed by atoms with E-state index in [4.69, 9.17) is 10.5 Å². The number of aromatic nitrogens is 3.